The van der Waals surface area contributed by atoms with Crippen LogP contribution in [0.5, 0.6) is 11.5 Å². The topological polar surface area (TPSA) is 50.8 Å². The molecular weight excluding hydrogens is 364 g/mol. The Hall–Kier alpha value is -3.31. The minimum atomic E-state index is -0.428. The number of rotatable bonds is 6. The molecule has 1 aliphatic heterocycles. The summed E-state index contributed by atoms with van der Waals surface area (Å²) in [6.07, 6.45) is 0. The molecule has 0 radical (unpaired) electrons. The van der Waals surface area contributed by atoms with Crippen molar-refractivity contribution in [2.45, 2.75) is 19.5 Å². The number of ether oxygens (including phenoxy) is 2. The number of likely N-dealkylation sites (N-methyl/N-ethyl adjacent to an activating group) is 1. The molecule has 0 aliphatic carbocycles. The number of carbonyl (C=O) groups excluding carboxylic acids is 1. The summed E-state index contributed by atoms with van der Waals surface area (Å²) in [6, 6.07) is 23.1. The van der Waals surface area contributed by atoms with E-state index in [1.807, 2.05) is 91.7 Å². The zero-order valence-electron chi connectivity index (χ0n) is 16.6. The van der Waals surface area contributed by atoms with Crippen LogP contribution >= 0.6 is 0 Å². The molecule has 1 atom stereocenters. The summed E-state index contributed by atoms with van der Waals surface area (Å²) >= 11 is 0. The fourth-order valence-corrected chi connectivity index (χ4v) is 3.51. The third kappa shape index (κ3) is 4.41. The highest BCUT2D eigenvalue weighted by Gasteiger charge is 2.26. The third-order valence-corrected chi connectivity index (χ3v) is 4.99. The monoisotopic (exact) mass is 388 g/mol. The van der Waals surface area contributed by atoms with Gasteiger partial charge in [0.1, 0.15) is 6.04 Å². The number of hydrogen-bond donors (Lipinski definition) is 1. The zero-order chi connectivity index (χ0) is 20.2. The van der Waals surface area contributed by atoms with Gasteiger partial charge in [0, 0.05) is 12.2 Å². The Labute approximate surface area is 170 Å². The van der Waals surface area contributed by atoms with Crippen molar-refractivity contribution in [2.75, 3.05) is 19.2 Å². The van der Waals surface area contributed by atoms with E-state index in [2.05, 4.69) is 5.32 Å². The van der Waals surface area contributed by atoms with Crippen molar-refractivity contribution >= 4 is 11.6 Å². The Morgan fingerprint density at radius 3 is 2.48 bits per heavy atom. The van der Waals surface area contributed by atoms with Crippen molar-refractivity contribution in [3.8, 4) is 11.5 Å². The molecule has 0 fully saturated rings. The number of amides is 1. The molecule has 0 saturated heterocycles. The lowest BCUT2D eigenvalue weighted by molar-refractivity contribution is -0.121. The molecule has 1 heterocycles. The van der Waals surface area contributed by atoms with Crippen molar-refractivity contribution in [1.29, 1.82) is 0 Å². The number of aryl methyl sites for hydroxylation is 1. The predicted molar refractivity (Wildman–Crippen MR) is 113 cm³/mol. The van der Waals surface area contributed by atoms with Crippen LogP contribution in [0, 0.1) is 6.92 Å². The van der Waals surface area contributed by atoms with Gasteiger partial charge < -0.3 is 14.8 Å². The molecule has 0 saturated carbocycles. The summed E-state index contributed by atoms with van der Waals surface area (Å²) in [5.41, 5.74) is 3.95. The molecule has 0 spiro atoms. The Morgan fingerprint density at radius 1 is 1.00 bits per heavy atom. The molecule has 4 rings (SSSR count). The lowest BCUT2D eigenvalue weighted by Crippen LogP contribution is -2.34. The molecular formula is C24H24N2O3. The number of nitrogens with zero attached hydrogens (tertiary/aromatic N) is 1. The van der Waals surface area contributed by atoms with Gasteiger partial charge >= 0.3 is 0 Å². The fraction of sp³-hybridized carbons (Fsp3) is 0.208. The van der Waals surface area contributed by atoms with E-state index in [1.54, 1.807) is 0 Å². The van der Waals surface area contributed by atoms with E-state index < -0.39 is 6.04 Å². The largest absolute Gasteiger partial charge is 0.454 e. The minimum Gasteiger partial charge on any atom is -0.454 e. The first-order valence-corrected chi connectivity index (χ1v) is 9.61. The summed E-state index contributed by atoms with van der Waals surface area (Å²) < 4.78 is 10.9. The maximum absolute atomic E-state index is 13.2. The lowest BCUT2D eigenvalue weighted by atomic mass is 10.0. The predicted octanol–water partition coefficient (Wildman–Crippen LogP) is 4.54. The van der Waals surface area contributed by atoms with Crippen molar-refractivity contribution < 1.29 is 14.3 Å². The second-order valence-electron chi connectivity index (χ2n) is 7.27. The number of fused-ring (bicyclic) bond motifs is 1. The Kier molecular flexibility index (Phi) is 5.49. The van der Waals surface area contributed by atoms with Crippen molar-refractivity contribution in [3.05, 3.63) is 89.5 Å². The van der Waals surface area contributed by atoms with E-state index in [-0.39, 0.29) is 12.7 Å². The quantitative estimate of drug-likeness (QED) is 0.674. The molecule has 3 aromatic rings. The molecule has 5 heteroatoms. The van der Waals surface area contributed by atoms with Crippen LogP contribution in [0.25, 0.3) is 0 Å². The van der Waals surface area contributed by atoms with Crippen molar-refractivity contribution in [3.63, 3.8) is 0 Å². The summed E-state index contributed by atoms with van der Waals surface area (Å²) in [5.74, 6) is 1.44. The second kappa shape index (κ2) is 8.37. The Bertz CT molecular complexity index is 987. The van der Waals surface area contributed by atoms with Gasteiger partial charge in [0.05, 0.1) is 0 Å². The summed E-state index contributed by atoms with van der Waals surface area (Å²) in [7, 11) is 1.96. The van der Waals surface area contributed by atoms with E-state index in [4.69, 9.17) is 9.47 Å². The van der Waals surface area contributed by atoms with Crippen LogP contribution in [0.1, 0.15) is 22.7 Å². The normalized spacial score (nSPS) is 13.3. The SMILES string of the molecule is Cc1ccc(NC(=O)[C@H](c2ccccc2)N(C)Cc2ccc3c(c2)OCO3)cc1. The van der Waals surface area contributed by atoms with E-state index in [0.717, 1.165) is 33.9 Å². The first-order valence-electron chi connectivity index (χ1n) is 9.61. The third-order valence-electron chi connectivity index (χ3n) is 4.99. The summed E-state index contributed by atoms with van der Waals surface area (Å²) in [6.45, 7) is 2.87. The summed E-state index contributed by atoms with van der Waals surface area (Å²) in [4.78, 5) is 15.3. The van der Waals surface area contributed by atoms with E-state index in [0.29, 0.717) is 6.54 Å². The van der Waals surface area contributed by atoms with E-state index in [1.165, 1.54) is 0 Å². The van der Waals surface area contributed by atoms with Gasteiger partial charge in [0.2, 0.25) is 12.7 Å². The second-order valence-corrected chi connectivity index (χ2v) is 7.27. The maximum Gasteiger partial charge on any atom is 0.246 e. The highest BCUT2D eigenvalue weighted by molar-refractivity contribution is 5.95. The maximum atomic E-state index is 13.2. The molecule has 3 aromatic carbocycles. The Balaban J connectivity index is 1.56. The number of carbonyl (C=O) groups is 1. The molecule has 5 nitrogen and oxygen atoms in total. The molecule has 0 aromatic heterocycles. The summed E-state index contributed by atoms with van der Waals surface area (Å²) in [5, 5.41) is 3.05. The van der Waals surface area contributed by atoms with Gasteiger partial charge in [0.15, 0.2) is 11.5 Å². The number of hydrogen-bond acceptors (Lipinski definition) is 4. The molecule has 0 bridgehead atoms. The molecule has 1 amide bonds. The van der Waals surface area contributed by atoms with E-state index >= 15 is 0 Å². The van der Waals surface area contributed by atoms with Gasteiger partial charge in [-0.2, -0.15) is 0 Å². The van der Waals surface area contributed by atoms with Crippen LogP contribution in [-0.4, -0.2) is 24.6 Å². The average molecular weight is 388 g/mol. The van der Waals surface area contributed by atoms with Crippen LogP contribution in [0.3, 0.4) is 0 Å². The van der Waals surface area contributed by atoms with Gasteiger partial charge in [-0.1, -0.05) is 54.1 Å². The van der Waals surface area contributed by atoms with E-state index in [9.17, 15) is 4.79 Å². The number of nitrogens with one attached hydrogen (secondary N) is 1. The zero-order valence-corrected chi connectivity index (χ0v) is 16.6. The minimum absolute atomic E-state index is 0.0664. The molecule has 0 unspecified atom stereocenters. The van der Waals surface area contributed by atoms with Crippen LogP contribution < -0.4 is 14.8 Å². The average Bonchev–Trinajstić information content (AvgIpc) is 3.18. The number of benzene rings is 3. The standard InChI is InChI=1S/C24H24N2O3/c1-17-8-11-20(12-9-17)25-24(27)23(19-6-4-3-5-7-19)26(2)15-18-10-13-21-22(14-18)29-16-28-21/h3-14,23H,15-16H2,1-2H3,(H,25,27)/t23-/m0/s1. The van der Waals surface area contributed by atoms with Gasteiger partial charge in [-0.25, -0.2) is 0 Å². The van der Waals surface area contributed by atoms with Crippen LogP contribution in [0.2, 0.25) is 0 Å². The molecule has 1 aliphatic rings. The van der Waals surface area contributed by atoms with Gasteiger partial charge in [-0.15, -0.1) is 0 Å². The van der Waals surface area contributed by atoms with Crippen LogP contribution in [0.4, 0.5) is 5.69 Å². The van der Waals surface area contributed by atoms with Crippen LogP contribution in [-0.2, 0) is 11.3 Å². The first kappa shape index (κ1) is 19.0. The molecule has 148 valence electrons. The Morgan fingerprint density at radius 2 is 1.72 bits per heavy atom. The van der Waals surface area contributed by atoms with Crippen LogP contribution in [0.15, 0.2) is 72.8 Å². The van der Waals surface area contributed by atoms with Crippen molar-refractivity contribution in [1.82, 2.24) is 4.90 Å². The van der Waals surface area contributed by atoms with Gasteiger partial charge in [-0.05, 0) is 49.4 Å². The van der Waals surface area contributed by atoms with Gasteiger partial charge in [0.25, 0.3) is 0 Å². The molecule has 1 N–H and O–H groups in total. The first-order chi connectivity index (χ1) is 14.1. The fourth-order valence-electron chi connectivity index (χ4n) is 3.51. The highest BCUT2D eigenvalue weighted by atomic mass is 16.7. The lowest BCUT2D eigenvalue weighted by Gasteiger charge is -2.28. The van der Waals surface area contributed by atoms with Crippen molar-refractivity contribution in [2.24, 2.45) is 0 Å². The van der Waals surface area contributed by atoms with Gasteiger partial charge in [-0.3, -0.25) is 9.69 Å². The smallest absolute Gasteiger partial charge is 0.246 e. The molecule has 29 heavy (non-hydrogen) atoms. The highest BCUT2D eigenvalue weighted by Crippen LogP contribution is 2.33. The number of anilines is 1.